The highest BCUT2D eigenvalue weighted by Crippen LogP contribution is 2.38. The van der Waals surface area contributed by atoms with Crippen molar-refractivity contribution < 1.29 is 32.9 Å². The molecule has 0 bridgehead atoms. The van der Waals surface area contributed by atoms with Crippen LogP contribution in [-0.2, 0) is 18.4 Å². The molecule has 93 heavy (non-hydrogen) atoms. The molecule has 3 atom stereocenters. The van der Waals surface area contributed by atoms with Crippen LogP contribution in [0.2, 0.25) is 0 Å². The first-order chi connectivity index (χ1) is 45.5. The molecule has 0 rings (SSSR count). The van der Waals surface area contributed by atoms with Crippen molar-refractivity contribution in [3.05, 3.63) is 97.2 Å². The van der Waals surface area contributed by atoms with Crippen molar-refractivity contribution in [1.29, 1.82) is 0 Å². The number of amides is 1. The van der Waals surface area contributed by atoms with Crippen molar-refractivity contribution in [2.75, 3.05) is 40.9 Å². The van der Waals surface area contributed by atoms with Gasteiger partial charge in [0.25, 0.3) is 7.82 Å². The average molecular weight is 1320 g/mol. The van der Waals surface area contributed by atoms with Gasteiger partial charge >= 0.3 is 0 Å². The molecule has 0 aliphatic rings. The summed E-state index contributed by atoms with van der Waals surface area (Å²) in [4.78, 5) is 25.7. The van der Waals surface area contributed by atoms with Crippen molar-refractivity contribution in [2.45, 2.75) is 392 Å². The summed E-state index contributed by atoms with van der Waals surface area (Å²) < 4.78 is 23.5. The van der Waals surface area contributed by atoms with Crippen LogP contribution in [0.4, 0.5) is 0 Å². The molecule has 0 heterocycles. The second-order valence-electron chi connectivity index (χ2n) is 28.4. The van der Waals surface area contributed by atoms with Gasteiger partial charge in [0.15, 0.2) is 0 Å². The van der Waals surface area contributed by atoms with E-state index in [1.165, 1.54) is 276 Å². The molecule has 0 aromatic rings. The van der Waals surface area contributed by atoms with E-state index in [0.29, 0.717) is 17.4 Å². The predicted octanol–water partition coefficient (Wildman–Crippen LogP) is 25.8. The van der Waals surface area contributed by atoms with Crippen molar-refractivity contribution in [3.8, 4) is 0 Å². The normalized spacial score (nSPS) is 14.0. The number of hydrogen-bond acceptors (Lipinski definition) is 6. The van der Waals surface area contributed by atoms with E-state index in [-0.39, 0.29) is 19.1 Å². The predicted molar refractivity (Wildman–Crippen MR) is 408 cm³/mol. The molecule has 0 fully saturated rings. The molecule has 0 saturated carbocycles. The molecule has 1 amide bonds. The van der Waals surface area contributed by atoms with E-state index >= 15 is 0 Å². The molecule has 0 aromatic carbocycles. The molecule has 542 valence electrons. The Labute approximate surface area is 579 Å². The zero-order valence-electron chi connectivity index (χ0n) is 62.2. The van der Waals surface area contributed by atoms with Crippen molar-refractivity contribution in [2.24, 2.45) is 0 Å². The van der Waals surface area contributed by atoms with E-state index in [1.807, 2.05) is 27.2 Å². The van der Waals surface area contributed by atoms with E-state index in [2.05, 4.69) is 104 Å². The minimum atomic E-state index is -4.61. The Kier molecular flexibility index (Phi) is 71.6. The Hall–Kier alpha value is -2.58. The van der Waals surface area contributed by atoms with Gasteiger partial charge in [0, 0.05) is 6.42 Å². The maximum absolute atomic E-state index is 13.1. The van der Waals surface area contributed by atoms with Gasteiger partial charge in [-0.25, -0.2) is 0 Å². The zero-order chi connectivity index (χ0) is 67.6. The minimum absolute atomic E-state index is 0.00161. The van der Waals surface area contributed by atoms with Crippen LogP contribution in [0.1, 0.15) is 380 Å². The van der Waals surface area contributed by atoms with Gasteiger partial charge in [-0.2, -0.15) is 0 Å². The molecule has 8 nitrogen and oxygen atoms in total. The Balaban J connectivity index is 3.97. The van der Waals surface area contributed by atoms with Crippen LogP contribution in [0, 0.1) is 0 Å². The minimum Gasteiger partial charge on any atom is -0.756 e. The summed E-state index contributed by atoms with van der Waals surface area (Å²) in [6.45, 7) is 4.58. The zero-order valence-corrected chi connectivity index (χ0v) is 63.1. The number of allylic oxidation sites excluding steroid dienone is 15. The molecular weight excluding hydrogens is 1160 g/mol. The van der Waals surface area contributed by atoms with Gasteiger partial charge in [-0.3, -0.25) is 9.36 Å². The van der Waals surface area contributed by atoms with Gasteiger partial charge in [-0.1, -0.05) is 394 Å². The fourth-order valence-corrected chi connectivity index (χ4v) is 12.6. The first-order valence-corrected chi connectivity index (χ1v) is 41.6. The van der Waals surface area contributed by atoms with E-state index in [9.17, 15) is 19.4 Å². The number of carbonyl (C=O) groups excluding carboxylic acids is 1. The van der Waals surface area contributed by atoms with Crippen LogP contribution in [0.15, 0.2) is 97.2 Å². The number of nitrogens with zero attached hydrogens (tertiary/aromatic N) is 1. The molecule has 0 aliphatic heterocycles. The highest BCUT2D eigenvalue weighted by atomic mass is 31.2. The summed E-state index contributed by atoms with van der Waals surface area (Å²) in [5.41, 5.74) is 0. The Morgan fingerprint density at radius 3 is 0.957 bits per heavy atom. The number of aliphatic hydroxyl groups is 1. The van der Waals surface area contributed by atoms with E-state index in [0.717, 1.165) is 83.5 Å². The lowest BCUT2D eigenvalue weighted by Gasteiger charge is -2.29. The molecule has 0 aromatic heterocycles. The number of rotatable bonds is 74. The SMILES string of the molecule is CC/C=C\C/C=C\C/C=C\C/C=C\C/C=C\C/C=C\C/C=C\CCCCCCCCCCCCCCCCCCCCCC(=O)NC(COP(=O)([O-])OCC[N+](C)(C)C)C(O)/C=C/CCCCCCCCCCCCCCCCCCCCCCCCCCCCCC. The highest BCUT2D eigenvalue weighted by molar-refractivity contribution is 7.45. The van der Waals surface area contributed by atoms with Gasteiger partial charge in [0.2, 0.25) is 5.91 Å². The van der Waals surface area contributed by atoms with Gasteiger partial charge < -0.3 is 28.8 Å². The largest absolute Gasteiger partial charge is 0.756 e. The van der Waals surface area contributed by atoms with Gasteiger partial charge in [0.1, 0.15) is 13.2 Å². The third kappa shape index (κ3) is 76.7. The maximum atomic E-state index is 13.1. The number of hydrogen-bond donors (Lipinski definition) is 2. The number of likely N-dealkylation sites (N-methyl/N-ethyl adjacent to an activating group) is 1. The van der Waals surface area contributed by atoms with Crippen LogP contribution in [0.3, 0.4) is 0 Å². The Morgan fingerprint density at radius 1 is 0.387 bits per heavy atom. The molecule has 0 aliphatic carbocycles. The molecular formula is C84H155N2O6P. The first-order valence-electron chi connectivity index (χ1n) is 40.1. The summed E-state index contributed by atoms with van der Waals surface area (Å²) >= 11 is 0. The van der Waals surface area contributed by atoms with E-state index < -0.39 is 20.0 Å². The standard InChI is InChI=1S/C84H155N2O6P/c1-6-8-10-12-14-16-18-20-22-24-26-28-30-32-34-36-38-39-40-41-42-43-44-45-46-47-48-50-52-54-56-58-60-62-64-66-68-70-72-74-76-78-84(88)85-82(81-92-93(89,90)91-80-79-86(3,4)5)83(87)77-75-73-71-69-67-65-63-61-59-57-55-53-51-49-37-35-33-31-29-27-25-23-21-19-17-15-13-11-9-7-2/h8,10,14,16,20,22,26,28,32,34,38-39,41-42,75,77,82-83,87H,6-7,9,11-13,15,17-19,21,23-25,27,29-31,33,35-37,40,43-74,76,78-81H2,1-5H3,(H-,85,88,89,90)/b10-8-,16-14-,22-20-,28-26-,34-32-,39-38-,42-41-,77-75+. The van der Waals surface area contributed by atoms with Crippen LogP contribution in [0.5, 0.6) is 0 Å². The Bertz CT molecular complexity index is 1840. The monoisotopic (exact) mass is 1320 g/mol. The fourth-order valence-electron chi connectivity index (χ4n) is 11.9. The Morgan fingerprint density at radius 2 is 0.656 bits per heavy atom. The lowest BCUT2D eigenvalue weighted by atomic mass is 10.0. The van der Waals surface area contributed by atoms with E-state index in [1.54, 1.807) is 6.08 Å². The van der Waals surface area contributed by atoms with Gasteiger partial charge in [-0.15, -0.1) is 0 Å². The van der Waals surface area contributed by atoms with Crippen molar-refractivity contribution >= 4 is 13.7 Å². The molecule has 0 spiro atoms. The number of unbranched alkanes of at least 4 members (excludes halogenated alkanes) is 47. The number of phosphoric acid groups is 1. The third-order valence-electron chi connectivity index (χ3n) is 18.0. The van der Waals surface area contributed by atoms with E-state index in [4.69, 9.17) is 9.05 Å². The maximum Gasteiger partial charge on any atom is 0.268 e. The summed E-state index contributed by atoms with van der Waals surface area (Å²) in [6.07, 6.45) is 107. The second kappa shape index (κ2) is 73.7. The number of aliphatic hydroxyl groups excluding tert-OH is 1. The molecule has 0 saturated heterocycles. The van der Waals surface area contributed by atoms with Crippen LogP contribution in [0.25, 0.3) is 0 Å². The summed E-state index contributed by atoms with van der Waals surface area (Å²) in [5, 5.41) is 14.0. The summed E-state index contributed by atoms with van der Waals surface area (Å²) in [7, 11) is 1.27. The molecule has 2 N–H and O–H groups in total. The quantitative estimate of drug-likeness (QED) is 0.0272. The van der Waals surface area contributed by atoms with Gasteiger partial charge in [0.05, 0.1) is 39.9 Å². The van der Waals surface area contributed by atoms with Gasteiger partial charge in [-0.05, 0) is 77.0 Å². The topological polar surface area (TPSA) is 108 Å². The lowest BCUT2D eigenvalue weighted by Crippen LogP contribution is -2.45. The molecule has 9 heteroatoms. The fraction of sp³-hybridized carbons (Fsp3) is 0.798. The number of phosphoric ester groups is 1. The second-order valence-corrected chi connectivity index (χ2v) is 29.8. The van der Waals surface area contributed by atoms with Crippen LogP contribution < -0.4 is 10.2 Å². The highest BCUT2D eigenvalue weighted by Gasteiger charge is 2.23. The molecule has 3 unspecified atom stereocenters. The number of nitrogens with one attached hydrogen (secondary N) is 1. The smallest absolute Gasteiger partial charge is 0.268 e. The van der Waals surface area contributed by atoms with Crippen molar-refractivity contribution in [3.63, 3.8) is 0 Å². The lowest BCUT2D eigenvalue weighted by molar-refractivity contribution is -0.870. The number of carbonyl (C=O) groups is 1. The average Bonchev–Trinajstić information content (AvgIpc) is 2.75. The van der Waals surface area contributed by atoms with Crippen LogP contribution >= 0.6 is 7.82 Å². The third-order valence-corrected chi connectivity index (χ3v) is 19.0. The number of quaternary nitrogens is 1. The summed E-state index contributed by atoms with van der Waals surface area (Å²) in [5.74, 6) is -0.192. The van der Waals surface area contributed by atoms with Crippen molar-refractivity contribution in [1.82, 2.24) is 5.32 Å². The first kappa shape index (κ1) is 90.4. The molecule has 0 radical (unpaired) electrons. The summed E-state index contributed by atoms with van der Waals surface area (Å²) in [6, 6.07) is -0.891. The van der Waals surface area contributed by atoms with Crippen LogP contribution in [-0.4, -0.2) is 68.5 Å².